The highest BCUT2D eigenvalue weighted by Gasteiger charge is 2.24. The molecule has 0 N–H and O–H groups in total. The van der Waals surface area contributed by atoms with Crippen molar-refractivity contribution in [2.45, 2.75) is 207 Å². The van der Waals surface area contributed by atoms with Gasteiger partial charge in [0, 0.05) is 57.7 Å². The zero-order chi connectivity index (χ0) is 43.9. The van der Waals surface area contributed by atoms with Gasteiger partial charge in [-0.2, -0.15) is 0 Å². The van der Waals surface area contributed by atoms with Gasteiger partial charge < -0.3 is 37.9 Å². The minimum absolute atomic E-state index is 0.0277. The van der Waals surface area contributed by atoms with Crippen molar-refractivity contribution in [3.8, 4) is 0 Å². The highest BCUT2D eigenvalue weighted by atomic mass is 16.7. The van der Waals surface area contributed by atoms with E-state index in [1.54, 1.807) is 7.11 Å². The van der Waals surface area contributed by atoms with Crippen LogP contribution in [-0.4, -0.2) is 89.6 Å². The van der Waals surface area contributed by atoms with E-state index >= 15 is 0 Å². The number of hydrogen-bond acceptors (Lipinski definition) is 12. The summed E-state index contributed by atoms with van der Waals surface area (Å²) in [6.45, 7) is 12.1. The van der Waals surface area contributed by atoms with Crippen LogP contribution in [0.1, 0.15) is 194 Å². The van der Waals surface area contributed by atoms with Crippen LogP contribution in [0, 0.1) is 11.8 Å². The molecule has 60 heavy (non-hydrogen) atoms. The number of esters is 4. The molecule has 0 spiro atoms. The second-order valence-corrected chi connectivity index (χ2v) is 16.6. The number of carbonyl (C=O) groups excluding carboxylic acids is 4. The molecule has 0 radical (unpaired) electrons. The normalized spacial score (nSPS) is 15.4. The van der Waals surface area contributed by atoms with Crippen molar-refractivity contribution < 1.29 is 57.1 Å². The average molecular weight is 855 g/mol. The summed E-state index contributed by atoms with van der Waals surface area (Å²) in [4.78, 5) is 50.7. The Hall–Kier alpha value is -2.70. The van der Waals surface area contributed by atoms with Crippen LogP contribution < -0.4 is 0 Å². The molecule has 0 aromatic carbocycles. The van der Waals surface area contributed by atoms with Gasteiger partial charge in [0.05, 0.1) is 64.3 Å². The molecule has 0 saturated carbocycles. The summed E-state index contributed by atoms with van der Waals surface area (Å²) in [5, 5.41) is 0. The molecule has 0 amide bonds. The Bertz CT molecular complexity index is 1090. The average Bonchev–Trinajstić information content (AvgIpc) is 3.23. The first-order chi connectivity index (χ1) is 29.2. The van der Waals surface area contributed by atoms with Gasteiger partial charge in [-0.25, -0.2) is 0 Å². The molecule has 12 nitrogen and oxygen atoms in total. The molecular formula is C48H86O12. The summed E-state index contributed by atoms with van der Waals surface area (Å²) >= 11 is 0. The van der Waals surface area contributed by atoms with Crippen LogP contribution >= 0.6 is 0 Å². The van der Waals surface area contributed by atoms with Crippen molar-refractivity contribution in [3.05, 3.63) is 12.3 Å². The summed E-state index contributed by atoms with van der Waals surface area (Å²) < 4.78 is 45.7. The minimum Gasteiger partial charge on any atom is -0.498 e. The Morgan fingerprint density at radius 1 is 0.550 bits per heavy atom. The van der Waals surface area contributed by atoms with Gasteiger partial charge >= 0.3 is 23.9 Å². The highest BCUT2D eigenvalue weighted by molar-refractivity contribution is 5.71. The minimum atomic E-state index is -0.420. The molecule has 350 valence electrons. The van der Waals surface area contributed by atoms with Crippen molar-refractivity contribution in [3.63, 3.8) is 0 Å². The van der Waals surface area contributed by atoms with E-state index in [1.807, 2.05) is 0 Å². The van der Waals surface area contributed by atoms with Gasteiger partial charge in [0.1, 0.15) is 0 Å². The lowest BCUT2D eigenvalue weighted by atomic mass is 10.1. The van der Waals surface area contributed by atoms with E-state index in [0.29, 0.717) is 38.0 Å². The predicted octanol–water partition coefficient (Wildman–Crippen LogP) is 10.9. The zero-order valence-electron chi connectivity index (χ0n) is 38.5. The van der Waals surface area contributed by atoms with E-state index in [9.17, 15) is 19.2 Å². The molecule has 0 aliphatic carbocycles. The molecule has 1 rings (SSSR count). The lowest BCUT2D eigenvalue weighted by Crippen LogP contribution is -2.30. The van der Waals surface area contributed by atoms with Gasteiger partial charge in [-0.05, 0) is 38.5 Å². The Kier molecular flexibility index (Phi) is 36.1. The van der Waals surface area contributed by atoms with Crippen molar-refractivity contribution in [2.75, 3.05) is 53.4 Å². The molecule has 0 aromatic heterocycles. The standard InChI is InChI=1S/C48H86O12/c1-6-9-12-15-18-20-25-40(4)57-37-42(39-59-45(50)26-21-17-14-11-8-3)35-47(52)55-33-30-43(60-48-28-23-24-31-56-48)29-32-54-46(51)34-41(36-53-5)38-58-44(49)27-22-19-16-13-10-7-2/h41-43,48H,4,6-39H2,1-3,5H3. The number of ether oxygens (including phenoxy) is 8. The van der Waals surface area contributed by atoms with Crippen LogP contribution in [0.5, 0.6) is 0 Å². The van der Waals surface area contributed by atoms with E-state index in [1.165, 1.54) is 44.9 Å². The topological polar surface area (TPSA) is 142 Å². The summed E-state index contributed by atoms with van der Waals surface area (Å²) in [6.07, 6.45) is 23.0. The Labute approximate surface area is 364 Å². The maximum atomic E-state index is 13.1. The van der Waals surface area contributed by atoms with E-state index in [-0.39, 0.29) is 88.7 Å². The number of allylic oxidation sites excluding steroid dienone is 1. The summed E-state index contributed by atoms with van der Waals surface area (Å²) in [5.74, 6) is -1.38. The lowest BCUT2D eigenvalue weighted by Gasteiger charge is -2.28. The third-order valence-corrected chi connectivity index (χ3v) is 10.7. The molecule has 12 heteroatoms. The maximum Gasteiger partial charge on any atom is 0.306 e. The Morgan fingerprint density at radius 2 is 1.00 bits per heavy atom. The maximum absolute atomic E-state index is 13.1. The Balaban J connectivity index is 2.65. The molecule has 1 aliphatic heterocycles. The fourth-order valence-electron chi connectivity index (χ4n) is 6.98. The molecule has 1 heterocycles. The van der Waals surface area contributed by atoms with E-state index in [4.69, 9.17) is 37.9 Å². The summed E-state index contributed by atoms with van der Waals surface area (Å²) in [7, 11) is 1.55. The number of unbranched alkanes of at least 4 members (excludes halogenated alkanes) is 14. The number of methoxy groups -OCH3 is 1. The van der Waals surface area contributed by atoms with Crippen molar-refractivity contribution in [2.24, 2.45) is 11.8 Å². The van der Waals surface area contributed by atoms with Gasteiger partial charge in [0.15, 0.2) is 6.29 Å². The largest absolute Gasteiger partial charge is 0.498 e. The first-order valence-electron chi connectivity index (χ1n) is 23.9. The molecule has 4 unspecified atom stereocenters. The van der Waals surface area contributed by atoms with E-state index in [2.05, 4.69) is 27.4 Å². The fraction of sp³-hybridized carbons (Fsp3) is 0.875. The smallest absolute Gasteiger partial charge is 0.306 e. The van der Waals surface area contributed by atoms with Gasteiger partial charge in [-0.3, -0.25) is 19.2 Å². The van der Waals surface area contributed by atoms with E-state index in [0.717, 1.165) is 89.9 Å². The van der Waals surface area contributed by atoms with Crippen molar-refractivity contribution in [1.29, 1.82) is 0 Å². The Morgan fingerprint density at radius 3 is 1.47 bits per heavy atom. The third kappa shape index (κ3) is 33.0. The van der Waals surface area contributed by atoms with Gasteiger partial charge in [-0.1, -0.05) is 117 Å². The van der Waals surface area contributed by atoms with Crippen LogP contribution in [0.15, 0.2) is 12.3 Å². The second-order valence-electron chi connectivity index (χ2n) is 16.6. The first kappa shape index (κ1) is 55.3. The molecular weight excluding hydrogens is 769 g/mol. The SMILES string of the molecule is C=C(CCCCCCCC)OCC(COC(=O)CCCCCCC)CC(=O)OCCC(CCOC(=O)CC(COC)COC(=O)CCCCCCCC)OC1CCCCO1. The fourth-order valence-corrected chi connectivity index (χ4v) is 6.98. The molecule has 0 bridgehead atoms. The van der Waals surface area contributed by atoms with Crippen LogP contribution in [0.2, 0.25) is 0 Å². The van der Waals surface area contributed by atoms with Crippen LogP contribution in [0.25, 0.3) is 0 Å². The van der Waals surface area contributed by atoms with E-state index < -0.39 is 11.9 Å². The zero-order valence-corrected chi connectivity index (χ0v) is 38.5. The molecule has 1 aliphatic rings. The second kappa shape index (κ2) is 39.2. The monoisotopic (exact) mass is 855 g/mol. The summed E-state index contributed by atoms with van der Waals surface area (Å²) in [6, 6.07) is 0. The molecule has 1 fully saturated rings. The lowest BCUT2D eigenvalue weighted by molar-refractivity contribution is -0.195. The first-order valence-corrected chi connectivity index (χ1v) is 23.9. The van der Waals surface area contributed by atoms with Crippen molar-refractivity contribution >= 4 is 23.9 Å². The predicted molar refractivity (Wildman–Crippen MR) is 234 cm³/mol. The number of rotatable bonds is 41. The van der Waals surface area contributed by atoms with Crippen LogP contribution in [-0.2, 0) is 57.1 Å². The highest BCUT2D eigenvalue weighted by Crippen LogP contribution is 2.20. The third-order valence-electron chi connectivity index (χ3n) is 10.7. The molecule has 1 saturated heterocycles. The van der Waals surface area contributed by atoms with Crippen LogP contribution in [0.4, 0.5) is 0 Å². The quantitative estimate of drug-likeness (QED) is 0.0250. The van der Waals surface area contributed by atoms with Gasteiger partial charge in [-0.15, -0.1) is 0 Å². The molecule has 4 atom stereocenters. The molecule has 0 aromatic rings. The summed E-state index contributed by atoms with van der Waals surface area (Å²) in [5.41, 5.74) is 0. The van der Waals surface area contributed by atoms with Crippen molar-refractivity contribution in [1.82, 2.24) is 0 Å². The number of hydrogen-bond donors (Lipinski definition) is 0. The van der Waals surface area contributed by atoms with Gasteiger partial charge in [0.2, 0.25) is 0 Å². The van der Waals surface area contributed by atoms with Crippen LogP contribution in [0.3, 0.4) is 0 Å². The number of carbonyl (C=O) groups is 4. The van der Waals surface area contributed by atoms with Gasteiger partial charge in [0.25, 0.3) is 0 Å².